The number of hydrogen-bond donors (Lipinski definition) is 0. The molecule has 8 aromatic rings. The fourth-order valence-electron chi connectivity index (χ4n) is 7.43. The van der Waals surface area contributed by atoms with E-state index in [9.17, 15) is 0 Å². The summed E-state index contributed by atoms with van der Waals surface area (Å²) in [4.78, 5) is 10.0. The van der Waals surface area contributed by atoms with Gasteiger partial charge in [-0.3, -0.25) is 4.98 Å². The summed E-state index contributed by atoms with van der Waals surface area (Å²) in [6.07, 6.45) is 1.98. The zero-order valence-corrected chi connectivity index (χ0v) is 25.3. The van der Waals surface area contributed by atoms with E-state index < -0.39 is 0 Å². The average Bonchev–Trinajstić information content (AvgIpc) is 3.33. The molecule has 0 aliphatic heterocycles. The summed E-state index contributed by atoms with van der Waals surface area (Å²) in [5.41, 5.74) is 14.0. The van der Waals surface area contributed by atoms with E-state index >= 15 is 0 Å². The van der Waals surface area contributed by atoms with Crippen molar-refractivity contribution in [3.8, 4) is 44.6 Å². The highest BCUT2D eigenvalue weighted by Crippen LogP contribution is 2.54. The second kappa shape index (κ2) is 9.70. The summed E-state index contributed by atoms with van der Waals surface area (Å²) in [6.45, 7) is 4.70. The Balaban J connectivity index is 1.22. The number of para-hydroxylation sites is 1. The average molecular weight is 575 g/mol. The maximum absolute atomic E-state index is 5.35. The number of aromatic nitrogens is 2. The van der Waals surface area contributed by atoms with Gasteiger partial charge in [0.1, 0.15) is 0 Å². The van der Waals surface area contributed by atoms with Crippen LogP contribution in [-0.2, 0) is 5.41 Å². The minimum Gasteiger partial charge on any atom is -0.256 e. The van der Waals surface area contributed by atoms with Crippen molar-refractivity contribution < 1.29 is 0 Å². The van der Waals surface area contributed by atoms with Crippen LogP contribution < -0.4 is 0 Å². The summed E-state index contributed by atoms with van der Waals surface area (Å²) >= 11 is 0. The van der Waals surface area contributed by atoms with E-state index in [0.29, 0.717) is 0 Å². The predicted molar refractivity (Wildman–Crippen MR) is 188 cm³/mol. The number of rotatable bonds is 3. The second-order valence-corrected chi connectivity index (χ2v) is 12.6. The maximum Gasteiger partial charge on any atom is 0.0759 e. The number of pyridine rings is 2. The van der Waals surface area contributed by atoms with Crippen LogP contribution in [0.5, 0.6) is 0 Å². The molecule has 6 aromatic carbocycles. The van der Waals surface area contributed by atoms with Crippen molar-refractivity contribution in [3.05, 3.63) is 157 Å². The Bertz CT molecular complexity index is 2450. The van der Waals surface area contributed by atoms with E-state index in [2.05, 4.69) is 147 Å². The van der Waals surface area contributed by atoms with Gasteiger partial charge in [0.2, 0.25) is 0 Å². The summed E-state index contributed by atoms with van der Waals surface area (Å²) < 4.78 is 0. The van der Waals surface area contributed by atoms with Crippen LogP contribution in [-0.4, -0.2) is 9.97 Å². The molecule has 2 heteroatoms. The van der Waals surface area contributed by atoms with Gasteiger partial charge in [0.25, 0.3) is 0 Å². The van der Waals surface area contributed by atoms with Crippen LogP contribution in [0.4, 0.5) is 0 Å². The first-order chi connectivity index (χ1) is 22.1. The Morgan fingerprint density at radius 2 is 1.22 bits per heavy atom. The lowest BCUT2D eigenvalue weighted by Gasteiger charge is -2.25. The van der Waals surface area contributed by atoms with Gasteiger partial charge in [-0.25, -0.2) is 4.98 Å². The number of benzene rings is 6. The normalized spacial score (nSPS) is 13.3. The number of hydrogen-bond acceptors (Lipinski definition) is 2. The van der Waals surface area contributed by atoms with Crippen molar-refractivity contribution in [2.45, 2.75) is 19.3 Å². The zero-order chi connectivity index (χ0) is 30.1. The topological polar surface area (TPSA) is 25.8 Å². The Kier molecular flexibility index (Phi) is 5.58. The van der Waals surface area contributed by atoms with Gasteiger partial charge in [-0.05, 0) is 74.0 Å². The first-order valence-electron chi connectivity index (χ1n) is 15.6. The molecule has 0 fully saturated rings. The molecule has 1 aliphatic rings. The van der Waals surface area contributed by atoms with Crippen molar-refractivity contribution in [2.24, 2.45) is 0 Å². The standard InChI is InChI=1S/C43H30N2/c1-43(2)36-16-7-6-15-35(36)42-41(43)39(40-34-14-5-3-10-28(34)22-23-38(40)45-42)29-20-18-27(19-21-29)30-12-9-13-31(24-30)33-25-32-11-4-8-17-37(32)44-26-33/h3-26H,1-2H3. The van der Waals surface area contributed by atoms with Gasteiger partial charge in [0, 0.05) is 33.5 Å². The number of nitrogens with zero attached hydrogens (tertiary/aromatic N) is 2. The number of fused-ring (bicyclic) bond motifs is 7. The van der Waals surface area contributed by atoms with Crippen molar-refractivity contribution in [1.29, 1.82) is 0 Å². The molecule has 0 spiro atoms. The van der Waals surface area contributed by atoms with Crippen molar-refractivity contribution in [3.63, 3.8) is 0 Å². The lowest BCUT2D eigenvalue weighted by Crippen LogP contribution is -2.16. The smallest absolute Gasteiger partial charge is 0.0759 e. The third-order valence-corrected chi connectivity index (χ3v) is 9.65. The Morgan fingerprint density at radius 1 is 0.511 bits per heavy atom. The summed E-state index contributed by atoms with van der Waals surface area (Å²) in [7, 11) is 0. The van der Waals surface area contributed by atoms with Crippen LogP contribution in [0.25, 0.3) is 77.2 Å². The van der Waals surface area contributed by atoms with Crippen LogP contribution in [0.2, 0.25) is 0 Å². The van der Waals surface area contributed by atoms with Gasteiger partial charge < -0.3 is 0 Å². The second-order valence-electron chi connectivity index (χ2n) is 12.6. The van der Waals surface area contributed by atoms with E-state index in [1.54, 1.807) is 0 Å². The first kappa shape index (κ1) is 25.9. The Hall–Kier alpha value is -5.60. The van der Waals surface area contributed by atoms with Gasteiger partial charge in [0.05, 0.1) is 16.7 Å². The van der Waals surface area contributed by atoms with E-state index in [4.69, 9.17) is 9.97 Å². The molecule has 2 aromatic heterocycles. The molecule has 1 aliphatic carbocycles. The molecule has 9 rings (SSSR count). The molecule has 0 amide bonds. The molecule has 212 valence electrons. The van der Waals surface area contributed by atoms with Crippen molar-refractivity contribution in [1.82, 2.24) is 9.97 Å². The Morgan fingerprint density at radius 3 is 2.09 bits per heavy atom. The molecule has 45 heavy (non-hydrogen) atoms. The van der Waals surface area contributed by atoms with Gasteiger partial charge in [0.15, 0.2) is 0 Å². The van der Waals surface area contributed by atoms with E-state index in [0.717, 1.165) is 27.7 Å². The molecular formula is C43H30N2. The molecule has 0 radical (unpaired) electrons. The molecule has 0 unspecified atom stereocenters. The molecule has 0 saturated heterocycles. The third kappa shape index (κ3) is 3.96. The summed E-state index contributed by atoms with van der Waals surface area (Å²) in [6, 6.07) is 50.3. The fraction of sp³-hybridized carbons (Fsp3) is 0.0698. The van der Waals surface area contributed by atoms with E-state index in [1.165, 1.54) is 60.7 Å². The molecule has 2 heterocycles. The largest absolute Gasteiger partial charge is 0.256 e. The van der Waals surface area contributed by atoms with E-state index in [-0.39, 0.29) is 5.41 Å². The lowest BCUT2D eigenvalue weighted by molar-refractivity contribution is 0.662. The van der Waals surface area contributed by atoms with Crippen LogP contribution in [0.3, 0.4) is 0 Å². The molecule has 0 saturated carbocycles. The monoisotopic (exact) mass is 574 g/mol. The molecule has 0 bridgehead atoms. The van der Waals surface area contributed by atoms with Gasteiger partial charge in [-0.2, -0.15) is 0 Å². The van der Waals surface area contributed by atoms with Crippen LogP contribution in [0.1, 0.15) is 25.0 Å². The molecule has 2 nitrogen and oxygen atoms in total. The highest BCUT2D eigenvalue weighted by Gasteiger charge is 2.39. The Labute approximate surface area is 262 Å². The molecular weight excluding hydrogens is 544 g/mol. The summed E-state index contributed by atoms with van der Waals surface area (Å²) in [5.74, 6) is 0. The van der Waals surface area contributed by atoms with Crippen LogP contribution >= 0.6 is 0 Å². The van der Waals surface area contributed by atoms with Gasteiger partial charge in [-0.1, -0.05) is 129 Å². The SMILES string of the molecule is CC1(C)c2ccccc2-c2nc3ccc4ccccc4c3c(-c3ccc(-c4cccc(-c5cnc6ccccc6c5)c4)cc3)c21. The zero-order valence-electron chi connectivity index (χ0n) is 25.3. The molecule has 0 N–H and O–H groups in total. The van der Waals surface area contributed by atoms with Crippen molar-refractivity contribution in [2.75, 3.05) is 0 Å². The minimum absolute atomic E-state index is 0.180. The summed E-state index contributed by atoms with van der Waals surface area (Å²) in [5, 5.41) is 4.86. The molecule has 0 atom stereocenters. The van der Waals surface area contributed by atoms with Crippen LogP contribution in [0.15, 0.2) is 146 Å². The lowest BCUT2D eigenvalue weighted by atomic mass is 9.78. The highest BCUT2D eigenvalue weighted by molar-refractivity contribution is 6.15. The van der Waals surface area contributed by atoms with Gasteiger partial charge >= 0.3 is 0 Å². The minimum atomic E-state index is -0.180. The van der Waals surface area contributed by atoms with Gasteiger partial charge in [-0.15, -0.1) is 0 Å². The van der Waals surface area contributed by atoms with Crippen molar-refractivity contribution >= 4 is 32.6 Å². The van der Waals surface area contributed by atoms with Crippen LogP contribution in [0, 0.1) is 0 Å². The quantitative estimate of drug-likeness (QED) is 0.196. The maximum atomic E-state index is 5.35. The fourth-order valence-corrected chi connectivity index (χ4v) is 7.43. The highest BCUT2D eigenvalue weighted by atomic mass is 14.7. The van der Waals surface area contributed by atoms with E-state index in [1.807, 2.05) is 12.3 Å². The first-order valence-corrected chi connectivity index (χ1v) is 15.6. The predicted octanol–water partition coefficient (Wildman–Crippen LogP) is 11.2. The third-order valence-electron chi connectivity index (χ3n) is 9.65.